The monoisotopic (exact) mass is 227 g/mol. The van der Waals surface area contributed by atoms with Crippen LogP contribution in [0.1, 0.15) is 5.82 Å². The van der Waals surface area contributed by atoms with Crippen molar-refractivity contribution in [2.45, 2.75) is 6.92 Å². The molecule has 0 N–H and O–H groups in total. The number of pyridine rings is 1. The first kappa shape index (κ1) is 9.42. The molecular formula is C12H9N3S. The molecule has 3 aromatic heterocycles. The number of hydrogen-bond donors (Lipinski definition) is 0. The van der Waals surface area contributed by atoms with Gasteiger partial charge in [-0.15, -0.1) is 11.3 Å². The molecule has 0 aliphatic carbocycles. The molecule has 0 spiro atoms. The van der Waals surface area contributed by atoms with Gasteiger partial charge in [-0.1, -0.05) is 0 Å². The molecule has 0 aliphatic rings. The minimum absolute atomic E-state index is 0.799. The number of fused-ring (bicyclic) bond motifs is 1. The number of aromatic nitrogens is 3. The second-order valence-corrected chi connectivity index (χ2v) is 4.60. The van der Waals surface area contributed by atoms with Crippen molar-refractivity contribution in [3.8, 4) is 10.6 Å². The zero-order valence-electron chi connectivity index (χ0n) is 8.71. The molecule has 0 radical (unpaired) electrons. The van der Waals surface area contributed by atoms with Gasteiger partial charge in [-0.25, -0.2) is 9.97 Å². The lowest BCUT2D eigenvalue weighted by molar-refractivity contribution is 1.06. The summed E-state index contributed by atoms with van der Waals surface area (Å²) in [6, 6.07) is 6.08. The zero-order chi connectivity index (χ0) is 11.0. The van der Waals surface area contributed by atoms with Gasteiger partial charge in [0.1, 0.15) is 5.82 Å². The topological polar surface area (TPSA) is 38.7 Å². The van der Waals surface area contributed by atoms with E-state index in [4.69, 9.17) is 0 Å². The first-order valence-electron chi connectivity index (χ1n) is 4.96. The highest BCUT2D eigenvalue weighted by molar-refractivity contribution is 7.22. The maximum absolute atomic E-state index is 4.42. The van der Waals surface area contributed by atoms with E-state index < -0.39 is 0 Å². The number of rotatable bonds is 1. The van der Waals surface area contributed by atoms with Gasteiger partial charge in [0.05, 0.1) is 10.6 Å². The Balaban J connectivity index is 2.19. The van der Waals surface area contributed by atoms with Crippen LogP contribution in [-0.4, -0.2) is 15.0 Å². The average molecular weight is 227 g/mol. The van der Waals surface area contributed by atoms with E-state index >= 15 is 0 Å². The van der Waals surface area contributed by atoms with Gasteiger partial charge < -0.3 is 0 Å². The number of aryl methyl sites for hydroxylation is 1. The van der Waals surface area contributed by atoms with E-state index in [1.54, 1.807) is 17.5 Å². The first-order chi connectivity index (χ1) is 7.83. The Morgan fingerprint density at radius 3 is 2.94 bits per heavy atom. The summed E-state index contributed by atoms with van der Waals surface area (Å²) in [5.74, 6) is 0.799. The second kappa shape index (κ2) is 3.64. The van der Waals surface area contributed by atoms with Crippen molar-refractivity contribution in [1.29, 1.82) is 0 Å². The summed E-state index contributed by atoms with van der Waals surface area (Å²) in [5, 5.41) is 1.17. The van der Waals surface area contributed by atoms with Crippen molar-refractivity contribution in [2.24, 2.45) is 0 Å². The van der Waals surface area contributed by atoms with Crippen molar-refractivity contribution >= 4 is 21.4 Å². The van der Waals surface area contributed by atoms with E-state index in [1.165, 1.54) is 10.1 Å². The van der Waals surface area contributed by atoms with Crippen LogP contribution in [0.15, 0.2) is 36.8 Å². The Bertz CT molecular complexity index is 612. The smallest absolute Gasteiger partial charge is 0.125 e. The molecular weight excluding hydrogens is 218 g/mol. The van der Waals surface area contributed by atoms with Crippen LogP contribution in [0, 0.1) is 6.92 Å². The molecule has 78 valence electrons. The molecule has 0 saturated carbocycles. The predicted molar refractivity (Wildman–Crippen MR) is 65.4 cm³/mol. The van der Waals surface area contributed by atoms with Crippen LogP contribution in [0.25, 0.3) is 20.7 Å². The van der Waals surface area contributed by atoms with Gasteiger partial charge in [0.25, 0.3) is 0 Å². The average Bonchev–Trinajstić information content (AvgIpc) is 2.72. The molecule has 0 amide bonds. The molecule has 16 heavy (non-hydrogen) atoms. The highest BCUT2D eigenvalue weighted by Gasteiger charge is 2.05. The number of hydrogen-bond acceptors (Lipinski definition) is 4. The van der Waals surface area contributed by atoms with Crippen molar-refractivity contribution in [3.05, 3.63) is 42.6 Å². The largest absolute Gasteiger partial charge is 0.264 e. The molecule has 4 heteroatoms. The van der Waals surface area contributed by atoms with Crippen LogP contribution < -0.4 is 0 Å². The fraction of sp³-hybridized carbons (Fsp3) is 0.0833. The normalized spacial score (nSPS) is 10.8. The van der Waals surface area contributed by atoms with E-state index in [-0.39, 0.29) is 0 Å². The molecule has 3 nitrogen and oxygen atoms in total. The van der Waals surface area contributed by atoms with Crippen LogP contribution in [-0.2, 0) is 0 Å². The molecule has 0 unspecified atom stereocenters. The summed E-state index contributed by atoms with van der Waals surface area (Å²) >= 11 is 1.73. The molecule has 3 rings (SSSR count). The number of thiophene rings is 1. The summed E-state index contributed by atoms with van der Waals surface area (Å²) in [6.45, 7) is 1.90. The molecule has 3 aromatic rings. The van der Waals surface area contributed by atoms with Gasteiger partial charge in [0, 0.05) is 28.7 Å². The lowest BCUT2D eigenvalue weighted by Crippen LogP contribution is -1.87. The van der Waals surface area contributed by atoms with E-state index in [0.717, 1.165) is 16.4 Å². The molecule has 0 saturated heterocycles. The third-order valence-electron chi connectivity index (χ3n) is 2.35. The highest BCUT2D eigenvalue weighted by Crippen LogP contribution is 2.31. The first-order valence-corrected chi connectivity index (χ1v) is 5.78. The van der Waals surface area contributed by atoms with Crippen LogP contribution in [0.4, 0.5) is 0 Å². The van der Waals surface area contributed by atoms with Crippen molar-refractivity contribution < 1.29 is 0 Å². The highest BCUT2D eigenvalue weighted by atomic mass is 32.1. The zero-order valence-corrected chi connectivity index (χ0v) is 9.53. The van der Waals surface area contributed by atoms with E-state index in [1.807, 2.05) is 31.5 Å². The maximum Gasteiger partial charge on any atom is 0.125 e. The predicted octanol–water partition coefficient (Wildman–Crippen LogP) is 3.06. The summed E-state index contributed by atoms with van der Waals surface area (Å²) in [5.41, 5.74) is 0.980. The summed E-state index contributed by atoms with van der Waals surface area (Å²) in [6.07, 6.45) is 5.48. The lowest BCUT2D eigenvalue weighted by atomic mass is 10.3. The van der Waals surface area contributed by atoms with Crippen LogP contribution in [0.5, 0.6) is 0 Å². The van der Waals surface area contributed by atoms with Crippen LogP contribution >= 0.6 is 11.3 Å². The Labute approximate surface area is 96.8 Å². The third kappa shape index (κ3) is 1.57. The fourth-order valence-corrected chi connectivity index (χ4v) is 2.60. The van der Waals surface area contributed by atoms with E-state index in [0.29, 0.717) is 0 Å². The van der Waals surface area contributed by atoms with Crippen LogP contribution in [0.2, 0.25) is 0 Å². The Kier molecular flexibility index (Phi) is 2.15. The second-order valence-electron chi connectivity index (χ2n) is 3.51. The van der Waals surface area contributed by atoms with Gasteiger partial charge in [0.2, 0.25) is 0 Å². The minimum Gasteiger partial charge on any atom is -0.264 e. The summed E-state index contributed by atoms with van der Waals surface area (Å²) < 4.78 is 1.24. The Morgan fingerprint density at radius 2 is 2.12 bits per heavy atom. The Hall–Kier alpha value is -1.81. The van der Waals surface area contributed by atoms with Gasteiger partial charge >= 0.3 is 0 Å². The maximum atomic E-state index is 4.42. The summed E-state index contributed by atoms with van der Waals surface area (Å²) in [7, 11) is 0. The van der Waals surface area contributed by atoms with Gasteiger partial charge in [-0.2, -0.15) is 0 Å². The summed E-state index contributed by atoms with van der Waals surface area (Å²) in [4.78, 5) is 13.8. The molecule has 0 atom stereocenters. The van der Waals surface area contributed by atoms with Crippen molar-refractivity contribution in [1.82, 2.24) is 15.0 Å². The van der Waals surface area contributed by atoms with E-state index in [2.05, 4.69) is 21.0 Å². The molecule has 0 aliphatic heterocycles. The van der Waals surface area contributed by atoms with Crippen LogP contribution in [0.3, 0.4) is 0 Å². The molecule has 3 heterocycles. The van der Waals surface area contributed by atoms with E-state index in [9.17, 15) is 0 Å². The Morgan fingerprint density at radius 1 is 1.19 bits per heavy atom. The fourth-order valence-electron chi connectivity index (χ4n) is 1.60. The quantitative estimate of drug-likeness (QED) is 0.641. The van der Waals surface area contributed by atoms with Crippen molar-refractivity contribution in [2.75, 3.05) is 0 Å². The van der Waals surface area contributed by atoms with Crippen molar-refractivity contribution in [3.63, 3.8) is 0 Å². The van der Waals surface area contributed by atoms with Gasteiger partial charge in [-0.3, -0.25) is 4.98 Å². The SMILES string of the molecule is Cc1nccc(-c2cc3cnccc3s2)n1. The third-order valence-corrected chi connectivity index (χ3v) is 3.48. The molecule has 0 bridgehead atoms. The van der Waals surface area contributed by atoms with Gasteiger partial charge in [0.15, 0.2) is 0 Å². The van der Waals surface area contributed by atoms with Gasteiger partial charge in [-0.05, 0) is 25.1 Å². The molecule has 0 aromatic carbocycles. The minimum atomic E-state index is 0.799. The number of nitrogens with zero attached hydrogens (tertiary/aromatic N) is 3. The lowest BCUT2D eigenvalue weighted by Gasteiger charge is -1.95. The molecule has 0 fully saturated rings. The standard InChI is InChI=1S/C12H9N3S/c1-8-14-5-2-10(15-8)12-6-9-7-13-4-3-11(9)16-12/h2-7H,1H3.